The van der Waals surface area contributed by atoms with Crippen molar-refractivity contribution in [2.75, 3.05) is 7.11 Å². The summed E-state index contributed by atoms with van der Waals surface area (Å²) in [6.07, 6.45) is 0. The molecular weight excluding hydrogens is 297 g/mol. The first-order valence-electron chi connectivity index (χ1n) is 3.85. The van der Waals surface area contributed by atoms with Gasteiger partial charge in [-0.3, -0.25) is 0 Å². The maximum absolute atomic E-state index is 11.2. The fourth-order valence-corrected chi connectivity index (χ4v) is 1.64. The molecule has 1 aromatic heterocycles. The SMILES string of the molecule is COC(=O)c1ccc2nc(I)oc2c1. The molecule has 14 heavy (non-hydrogen) atoms. The van der Waals surface area contributed by atoms with Gasteiger partial charge in [0.05, 0.1) is 12.7 Å². The molecule has 0 saturated heterocycles. The summed E-state index contributed by atoms with van der Waals surface area (Å²) in [5.74, 6) is -0.377. The van der Waals surface area contributed by atoms with Gasteiger partial charge < -0.3 is 9.15 Å². The highest BCUT2D eigenvalue weighted by atomic mass is 127. The summed E-state index contributed by atoms with van der Waals surface area (Å²) < 4.78 is 10.4. The smallest absolute Gasteiger partial charge is 0.337 e. The molecule has 1 aromatic carbocycles. The predicted molar refractivity (Wildman–Crippen MR) is 58.1 cm³/mol. The third-order valence-corrected chi connectivity index (χ3v) is 2.24. The van der Waals surface area contributed by atoms with Gasteiger partial charge in [-0.1, -0.05) is 0 Å². The highest BCUT2D eigenvalue weighted by Crippen LogP contribution is 2.18. The number of rotatable bonds is 1. The zero-order valence-corrected chi connectivity index (χ0v) is 9.44. The van der Waals surface area contributed by atoms with Crippen LogP contribution in [0.4, 0.5) is 0 Å². The lowest BCUT2D eigenvalue weighted by atomic mass is 10.2. The number of carbonyl (C=O) groups excluding carboxylic acids is 1. The van der Waals surface area contributed by atoms with E-state index in [4.69, 9.17) is 4.42 Å². The molecule has 4 nitrogen and oxygen atoms in total. The van der Waals surface area contributed by atoms with Gasteiger partial charge in [0.2, 0.25) is 0 Å². The van der Waals surface area contributed by atoms with Gasteiger partial charge in [-0.15, -0.1) is 0 Å². The largest absolute Gasteiger partial charge is 0.465 e. The molecule has 0 aliphatic rings. The van der Waals surface area contributed by atoms with Gasteiger partial charge >= 0.3 is 5.97 Å². The summed E-state index contributed by atoms with van der Waals surface area (Å²) >= 11 is 1.98. The van der Waals surface area contributed by atoms with Gasteiger partial charge in [-0.25, -0.2) is 9.78 Å². The van der Waals surface area contributed by atoms with Crippen molar-refractivity contribution >= 4 is 39.7 Å². The van der Waals surface area contributed by atoms with Crippen LogP contribution in [0.1, 0.15) is 10.4 Å². The Kier molecular flexibility index (Phi) is 2.40. The Bertz CT molecular complexity index is 492. The Balaban J connectivity index is 2.55. The monoisotopic (exact) mass is 303 g/mol. The minimum Gasteiger partial charge on any atom is -0.465 e. The summed E-state index contributed by atoms with van der Waals surface area (Å²) in [5.41, 5.74) is 1.80. The number of hydrogen-bond acceptors (Lipinski definition) is 4. The highest BCUT2D eigenvalue weighted by Gasteiger charge is 2.09. The first kappa shape index (κ1) is 9.45. The lowest BCUT2D eigenvalue weighted by Gasteiger charge is -1.96. The van der Waals surface area contributed by atoms with E-state index in [-0.39, 0.29) is 5.97 Å². The topological polar surface area (TPSA) is 52.3 Å². The van der Waals surface area contributed by atoms with Crippen LogP contribution < -0.4 is 0 Å². The summed E-state index contributed by atoms with van der Waals surface area (Å²) in [5, 5.41) is 0. The quantitative estimate of drug-likeness (QED) is 0.599. The number of halogens is 1. The van der Waals surface area contributed by atoms with Crippen LogP contribution in [0.2, 0.25) is 0 Å². The summed E-state index contributed by atoms with van der Waals surface area (Å²) in [4.78, 5) is 15.3. The van der Waals surface area contributed by atoms with Crippen molar-refractivity contribution in [2.24, 2.45) is 0 Å². The first-order valence-corrected chi connectivity index (χ1v) is 4.93. The Morgan fingerprint density at radius 2 is 2.36 bits per heavy atom. The van der Waals surface area contributed by atoms with E-state index in [1.54, 1.807) is 18.2 Å². The van der Waals surface area contributed by atoms with Crippen LogP contribution in [0.5, 0.6) is 0 Å². The molecule has 0 radical (unpaired) electrons. The van der Waals surface area contributed by atoms with Gasteiger partial charge in [0.25, 0.3) is 3.90 Å². The molecule has 5 heteroatoms. The first-order chi connectivity index (χ1) is 6.70. The molecule has 0 aliphatic heterocycles. The Hall–Kier alpha value is -1.11. The minimum absolute atomic E-state index is 0.377. The van der Waals surface area contributed by atoms with E-state index in [1.807, 2.05) is 22.6 Å². The lowest BCUT2D eigenvalue weighted by molar-refractivity contribution is 0.0601. The van der Waals surface area contributed by atoms with E-state index in [0.717, 1.165) is 5.52 Å². The standard InChI is InChI=1S/C9H6INO3/c1-13-8(12)5-2-3-6-7(4-5)14-9(10)11-6/h2-4H,1H3. The van der Waals surface area contributed by atoms with E-state index in [1.165, 1.54) is 7.11 Å². The number of aromatic nitrogens is 1. The molecular formula is C9H6INO3. The second-order valence-corrected chi connectivity index (χ2v) is 3.56. The second kappa shape index (κ2) is 3.56. The van der Waals surface area contributed by atoms with Crippen molar-refractivity contribution in [2.45, 2.75) is 0 Å². The summed E-state index contributed by atoms with van der Waals surface area (Å²) in [6, 6.07) is 5.01. The molecule has 72 valence electrons. The number of carbonyl (C=O) groups is 1. The molecule has 2 aromatic rings. The third-order valence-electron chi connectivity index (χ3n) is 1.78. The van der Waals surface area contributed by atoms with Crippen LogP contribution in [-0.4, -0.2) is 18.1 Å². The maximum Gasteiger partial charge on any atom is 0.337 e. The number of benzene rings is 1. The van der Waals surface area contributed by atoms with Crippen molar-refractivity contribution in [1.82, 2.24) is 4.98 Å². The van der Waals surface area contributed by atoms with E-state index in [2.05, 4.69) is 9.72 Å². The zero-order valence-electron chi connectivity index (χ0n) is 7.28. The van der Waals surface area contributed by atoms with Crippen LogP contribution in [-0.2, 0) is 4.74 Å². The maximum atomic E-state index is 11.2. The average molecular weight is 303 g/mol. The number of methoxy groups -OCH3 is 1. The predicted octanol–water partition coefficient (Wildman–Crippen LogP) is 2.22. The van der Waals surface area contributed by atoms with Crippen LogP contribution >= 0.6 is 22.6 Å². The molecule has 1 heterocycles. The molecule has 0 unspecified atom stereocenters. The molecule has 0 aliphatic carbocycles. The van der Waals surface area contributed by atoms with E-state index in [0.29, 0.717) is 15.0 Å². The fourth-order valence-electron chi connectivity index (χ4n) is 1.14. The fraction of sp³-hybridized carbons (Fsp3) is 0.111. The van der Waals surface area contributed by atoms with E-state index >= 15 is 0 Å². The molecule has 0 N–H and O–H groups in total. The lowest BCUT2D eigenvalue weighted by Crippen LogP contribution is -2.00. The molecule has 0 saturated carbocycles. The number of esters is 1. The second-order valence-electron chi connectivity index (χ2n) is 2.64. The Labute approximate surface area is 93.4 Å². The number of fused-ring (bicyclic) bond motifs is 1. The molecule has 0 amide bonds. The van der Waals surface area contributed by atoms with Gasteiger partial charge in [-0.05, 0) is 18.2 Å². The van der Waals surface area contributed by atoms with Gasteiger partial charge in [0.1, 0.15) is 5.52 Å². The minimum atomic E-state index is -0.377. The van der Waals surface area contributed by atoms with Crippen molar-refractivity contribution < 1.29 is 13.9 Å². The van der Waals surface area contributed by atoms with Crippen LogP contribution in [0, 0.1) is 3.90 Å². The van der Waals surface area contributed by atoms with Gasteiger partial charge in [-0.2, -0.15) is 0 Å². The van der Waals surface area contributed by atoms with E-state index < -0.39 is 0 Å². The van der Waals surface area contributed by atoms with Gasteiger partial charge in [0.15, 0.2) is 5.58 Å². The molecule has 2 rings (SSSR count). The van der Waals surface area contributed by atoms with Crippen molar-refractivity contribution in [1.29, 1.82) is 0 Å². The summed E-state index contributed by atoms with van der Waals surface area (Å²) in [7, 11) is 1.34. The number of ether oxygens (including phenoxy) is 1. The molecule has 0 bridgehead atoms. The highest BCUT2D eigenvalue weighted by molar-refractivity contribution is 14.1. The van der Waals surface area contributed by atoms with Crippen LogP contribution in [0.15, 0.2) is 22.6 Å². The van der Waals surface area contributed by atoms with Crippen LogP contribution in [0.3, 0.4) is 0 Å². The third kappa shape index (κ3) is 1.59. The van der Waals surface area contributed by atoms with Crippen molar-refractivity contribution in [3.63, 3.8) is 0 Å². The number of nitrogens with zero attached hydrogens (tertiary/aromatic N) is 1. The molecule has 0 atom stereocenters. The zero-order chi connectivity index (χ0) is 10.1. The Morgan fingerprint density at radius 1 is 1.57 bits per heavy atom. The van der Waals surface area contributed by atoms with Crippen molar-refractivity contribution in [3.8, 4) is 0 Å². The average Bonchev–Trinajstić information content (AvgIpc) is 2.55. The molecule has 0 spiro atoms. The van der Waals surface area contributed by atoms with E-state index in [9.17, 15) is 4.79 Å². The molecule has 0 fully saturated rings. The van der Waals surface area contributed by atoms with Crippen LogP contribution in [0.25, 0.3) is 11.1 Å². The summed E-state index contributed by atoms with van der Waals surface area (Å²) in [6.45, 7) is 0. The van der Waals surface area contributed by atoms with Crippen molar-refractivity contribution in [3.05, 3.63) is 27.7 Å². The Morgan fingerprint density at radius 3 is 3.07 bits per heavy atom. The number of oxazole rings is 1. The normalized spacial score (nSPS) is 10.4. The van der Waals surface area contributed by atoms with Gasteiger partial charge in [0, 0.05) is 22.6 Å². The number of hydrogen-bond donors (Lipinski definition) is 0.